The number of anilines is 1. The molecule has 3 aromatic rings. The summed E-state index contributed by atoms with van der Waals surface area (Å²) in [6.07, 6.45) is 0.823. The smallest absolute Gasteiger partial charge is 0.261 e. The van der Waals surface area contributed by atoms with Crippen LogP contribution in [-0.4, -0.2) is 55.2 Å². The Morgan fingerprint density at radius 3 is 2.74 bits per heavy atom. The SMILES string of the molecule is Cl.O=C(c1cc(Cl)ccc1Cl)N(CCCN1CCOCC1)c1nc2ccc(Br)cc2s1. The first-order valence-electron chi connectivity index (χ1n) is 9.64. The molecule has 1 aromatic heterocycles. The van der Waals surface area contributed by atoms with Crippen molar-refractivity contribution in [2.75, 3.05) is 44.3 Å². The van der Waals surface area contributed by atoms with Gasteiger partial charge in [-0.05, 0) is 42.8 Å². The van der Waals surface area contributed by atoms with E-state index in [2.05, 4.69) is 20.8 Å². The Morgan fingerprint density at radius 1 is 1.19 bits per heavy atom. The van der Waals surface area contributed by atoms with Crippen molar-refractivity contribution >= 4 is 84.1 Å². The van der Waals surface area contributed by atoms with E-state index in [4.69, 9.17) is 32.9 Å². The van der Waals surface area contributed by atoms with Crippen LogP contribution in [0.25, 0.3) is 10.2 Å². The lowest BCUT2D eigenvalue weighted by molar-refractivity contribution is 0.0376. The molecule has 10 heteroatoms. The average molecular weight is 566 g/mol. The minimum absolute atomic E-state index is 0. The molecule has 0 bridgehead atoms. The molecular formula is C21H21BrCl3N3O2S. The summed E-state index contributed by atoms with van der Waals surface area (Å²) in [5.74, 6) is -0.192. The molecule has 0 N–H and O–H groups in total. The lowest BCUT2D eigenvalue weighted by atomic mass is 10.2. The van der Waals surface area contributed by atoms with Crippen molar-refractivity contribution in [1.29, 1.82) is 0 Å². The number of amides is 1. The number of morpholine rings is 1. The Hall–Kier alpha value is -0.930. The second kappa shape index (κ2) is 11.3. The number of hydrogen-bond acceptors (Lipinski definition) is 5. The van der Waals surface area contributed by atoms with E-state index in [0.29, 0.717) is 27.3 Å². The van der Waals surface area contributed by atoms with Crippen LogP contribution in [-0.2, 0) is 4.74 Å². The lowest BCUT2D eigenvalue weighted by Gasteiger charge is -2.27. The van der Waals surface area contributed by atoms with Crippen LogP contribution in [0.15, 0.2) is 40.9 Å². The van der Waals surface area contributed by atoms with E-state index in [1.807, 2.05) is 18.2 Å². The van der Waals surface area contributed by atoms with Gasteiger partial charge in [0.1, 0.15) is 0 Å². The standard InChI is InChI=1S/C21H20BrCl2N3O2S.ClH/c22-14-2-5-18-19(12-14)30-21(25-18)27(7-1-6-26-8-10-29-11-9-26)20(28)16-13-15(23)3-4-17(16)24;/h2-5,12-13H,1,6-11H2;1H. The number of hydrogen-bond donors (Lipinski definition) is 0. The molecule has 0 saturated carbocycles. The van der Waals surface area contributed by atoms with Crippen LogP contribution in [0.2, 0.25) is 10.0 Å². The second-order valence-corrected chi connectivity index (χ2v) is 9.77. The van der Waals surface area contributed by atoms with Crippen LogP contribution in [0, 0.1) is 0 Å². The molecule has 2 aromatic carbocycles. The van der Waals surface area contributed by atoms with Gasteiger partial charge in [0.05, 0.1) is 34.0 Å². The maximum Gasteiger partial charge on any atom is 0.261 e. The number of carbonyl (C=O) groups excluding carboxylic acids is 1. The van der Waals surface area contributed by atoms with Gasteiger partial charge < -0.3 is 4.74 Å². The van der Waals surface area contributed by atoms with Gasteiger partial charge in [-0.15, -0.1) is 12.4 Å². The zero-order valence-electron chi connectivity index (χ0n) is 16.5. The highest BCUT2D eigenvalue weighted by atomic mass is 79.9. The predicted octanol–water partition coefficient (Wildman–Crippen LogP) is 6.16. The number of carbonyl (C=O) groups is 1. The monoisotopic (exact) mass is 563 g/mol. The largest absolute Gasteiger partial charge is 0.379 e. The second-order valence-electron chi connectivity index (χ2n) is 7.00. The highest BCUT2D eigenvalue weighted by Crippen LogP contribution is 2.33. The number of rotatable bonds is 6. The average Bonchev–Trinajstić information content (AvgIpc) is 3.16. The van der Waals surface area contributed by atoms with Crippen LogP contribution in [0.4, 0.5) is 5.13 Å². The molecular weight excluding hydrogens is 545 g/mol. The molecule has 1 aliphatic heterocycles. The van der Waals surface area contributed by atoms with Gasteiger partial charge in [0.15, 0.2) is 5.13 Å². The summed E-state index contributed by atoms with van der Waals surface area (Å²) in [4.78, 5) is 22.2. The first kappa shape index (κ1) is 24.7. The van der Waals surface area contributed by atoms with E-state index in [-0.39, 0.29) is 18.3 Å². The maximum atomic E-state index is 13.5. The van der Waals surface area contributed by atoms with Gasteiger partial charge in [-0.2, -0.15) is 0 Å². The van der Waals surface area contributed by atoms with Crippen molar-refractivity contribution in [3.05, 3.63) is 56.5 Å². The zero-order valence-corrected chi connectivity index (χ0v) is 21.3. The number of ether oxygens (including phenoxy) is 1. The Morgan fingerprint density at radius 2 is 1.97 bits per heavy atom. The Balaban J connectivity index is 0.00000272. The van der Waals surface area contributed by atoms with Crippen molar-refractivity contribution in [3.63, 3.8) is 0 Å². The Labute approximate surface area is 209 Å². The van der Waals surface area contributed by atoms with Gasteiger partial charge in [-0.25, -0.2) is 4.98 Å². The fourth-order valence-corrected chi connectivity index (χ4v) is 5.28. The van der Waals surface area contributed by atoms with E-state index in [9.17, 15) is 4.79 Å². The van der Waals surface area contributed by atoms with Gasteiger partial charge in [-0.1, -0.05) is 50.5 Å². The van der Waals surface area contributed by atoms with E-state index in [1.54, 1.807) is 23.1 Å². The van der Waals surface area contributed by atoms with Crippen LogP contribution < -0.4 is 4.90 Å². The normalized spacial score (nSPS) is 14.4. The van der Waals surface area contributed by atoms with Gasteiger partial charge >= 0.3 is 0 Å². The highest BCUT2D eigenvalue weighted by molar-refractivity contribution is 9.10. The number of nitrogens with zero attached hydrogens (tertiary/aromatic N) is 3. The number of thiazole rings is 1. The van der Waals surface area contributed by atoms with Crippen molar-refractivity contribution in [2.24, 2.45) is 0 Å². The lowest BCUT2D eigenvalue weighted by Crippen LogP contribution is -2.39. The van der Waals surface area contributed by atoms with Crippen LogP contribution in [0.5, 0.6) is 0 Å². The fourth-order valence-electron chi connectivity index (χ4n) is 3.37. The molecule has 0 radical (unpaired) electrons. The molecule has 5 nitrogen and oxygen atoms in total. The molecule has 31 heavy (non-hydrogen) atoms. The van der Waals surface area contributed by atoms with Crippen molar-refractivity contribution < 1.29 is 9.53 Å². The van der Waals surface area contributed by atoms with Crippen molar-refractivity contribution in [2.45, 2.75) is 6.42 Å². The van der Waals surface area contributed by atoms with E-state index >= 15 is 0 Å². The number of fused-ring (bicyclic) bond motifs is 1. The maximum absolute atomic E-state index is 13.5. The van der Waals surface area contributed by atoms with E-state index in [0.717, 1.165) is 54.0 Å². The molecule has 1 saturated heterocycles. The fraction of sp³-hybridized carbons (Fsp3) is 0.333. The minimum atomic E-state index is -0.192. The minimum Gasteiger partial charge on any atom is -0.379 e. The van der Waals surface area contributed by atoms with Gasteiger partial charge in [-0.3, -0.25) is 14.6 Å². The number of halogens is 4. The molecule has 4 rings (SSSR count). The first-order chi connectivity index (χ1) is 14.5. The third-order valence-electron chi connectivity index (χ3n) is 4.93. The summed E-state index contributed by atoms with van der Waals surface area (Å²) in [6, 6.07) is 10.9. The molecule has 0 unspecified atom stereocenters. The predicted molar refractivity (Wildman–Crippen MR) is 135 cm³/mol. The Kier molecular flexibility index (Phi) is 8.99. The summed E-state index contributed by atoms with van der Waals surface area (Å²) in [6.45, 7) is 4.79. The molecule has 0 spiro atoms. The highest BCUT2D eigenvalue weighted by Gasteiger charge is 2.24. The molecule has 0 atom stereocenters. The third-order valence-corrected chi connectivity index (χ3v) is 7.03. The van der Waals surface area contributed by atoms with Gasteiger partial charge in [0.25, 0.3) is 5.91 Å². The summed E-state index contributed by atoms with van der Waals surface area (Å²) in [7, 11) is 0. The van der Waals surface area contributed by atoms with Crippen molar-refractivity contribution in [1.82, 2.24) is 9.88 Å². The van der Waals surface area contributed by atoms with Gasteiger partial charge in [0.2, 0.25) is 0 Å². The molecule has 1 amide bonds. The number of aromatic nitrogens is 1. The Bertz CT molecular complexity index is 1060. The van der Waals surface area contributed by atoms with Crippen LogP contribution in [0.1, 0.15) is 16.8 Å². The molecule has 2 heterocycles. The topological polar surface area (TPSA) is 45.7 Å². The molecule has 1 aliphatic rings. The summed E-state index contributed by atoms with van der Waals surface area (Å²) in [5.41, 5.74) is 1.25. The first-order valence-corrected chi connectivity index (χ1v) is 12.0. The quantitative estimate of drug-likeness (QED) is 0.359. The zero-order chi connectivity index (χ0) is 21.1. The molecule has 0 aliphatic carbocycles. The summed E-state index contributed by atoms with van der Waals surface area (Å²) in [5, 5.41) is 1.52. The third kappa shape index (κ3) is 6.11. The summed E-state index contributed by atoms with van der Waals surface area (Å²) >= 11 is 17.5. The molecule has 166 valence electrons. The van der Waals surface area contributed by atoms with Crippen LogP contribution in [0.3, 0.4) is 0 Å². The summed E-state index contributed by atoms with van der Waals surface area (Å²) < 4.78 is 7.41. The van der Waals surface area contributed by atoms with Crippen molar-refractivity contribution in [3.8, 4) is 0 Å². The van der Waals surface area contributed by atoms with E-state index < -0.39 is 0 Å². The molecule has 1 fully saturated rings. The van der Waals surface area contributed by atoms with Crippen LogP contribution >= 0.6 is 62.9 Å². The van der Waals surface area contributed by atoms with Gasteiger partial charge in [0, 0.05) is 35.7 Å². The number of benzene rings is 2. The van der Waals surface area contributed by atoms with E-state index in [1.165, 1.54) is 11.3 Å².